The number of carbonyl (C=O) groups is 2. The maximum absolute atomic E-state index is 12.8. The first-order valence-electron chi connectivity index (χ1n) is 9.00. The van der Waals surface area contributed by atoms with Gasteiger partial charge in [-0.2, -0.15) is 0 Å². The number of ketones is 2. The number of hydrogen-bond donors (Lipinski definition) is 2. The summed E-state index contributed by atoms with van der Waals surface area (Å²) < 4.78 is 0. The van der Waals surface area contributed by atoms with Crippen LogP contribution in [0.4, 0.5) is 0 Å². The summed E-state index contributed by atoms with van der Waals surface area (Å²) in [5, 5.41) is 21.7. The molecule has 4 nitrogen and oxygen atoms in total. The molecule has 2 atom stereocenters. The zero-order valence-corrected chi connectivity index (χ0v) is 16.3. The third-order valence-electron chi connectivity index (χ3n) is 4.50. The van der Waals surface area contributed by atoms with Gasteiger partial charge in [0.25, 0.3) is 0 Å². The second kappa shape index (κ2) is 8.61. The lowest BCUT2D eigenvalue weighted by molar-refractivity contribution is -0.126. The largest absolute Gasteiger partial charge is 0.508 e. The third kappa shape index (κ3) is 5.15. The molecule has 0 aliphatic heterocycles. The molecule has 2 N–H and O–H groups in total. The van der Waals surface area contributed by atoms with E-state index in [4.69, 9.17) is 0 Å². The summed E-state index contributed by atoms with van der Waals surface area (Å²) in [6, 6.07) is 0. The fourth-order valence-electron chi connectivity index (χ4n) is 3.16. The Hall–Kier alpha value is -1.68. The number of rotatable bonds is 8. The maximum atomic E-state index is 12.8. The van der Waals surface area contributed by atoms with Crippen molar-refractivity contribution < 1.29 is 19.8 Å². The molecular weight excluding hydrogens is 316 g/mol. The van der Waals surface area contributed by atoms with E-state index in [1.165, 1.54) is 0 Å². The number of Topliss-reactive ketones (excluding diaryl/α,β-unsaturated/α-hetero) is 2. The van der Waals surface area contributed by atoms with Crippen molar-refractivity contribution in [1.29, 1.82) is 0 Å². The molecule has 0 aromatic rings. The van der Waals surface area contributed by atoms with Crippen LogP contribution in [-0.2, 0) is 9.59 Å². The Morgan fingerprint density at radius 2 is 1.72 bits per heavy atom. The average molecular weight is 348 g/mol. The standard InChI is InChI=1S/C21H32O4/c1-13(2)8-7-11-21(25)16(10-9-14(3)4)19(23)18(20(21)24)17(22)12-15(5)6/h8-9,15-16,24-25H,7,10-12H2,1-6H3. The van der Waals surface area contributed by atoms with Crippen LogP contribution >= 0.6 is 0 Å². The van der Waals surface area contributed by atoms with Gasteiger partial charge in [0, 0.05) is 6.42 Å². The molecular formula is C21H32O4. The van der Waals surface area contributed by atoms with Crippen LogP contribution < -0.4 is 0 Å². The summed E-state index contributed by atoms with van der Waals surface area (Å²) in [7, 11) is 0. The molecule has 0 saturated carbocycles. The first kappa shape index (κ1) is 21.4. The van der Waals surface area contributed by atoms with E-state index >= 15 is 0 Å². The molecule has 1 aliphatic rings. The van der Waals surface area contributed by atoms with Gasteiger partial charge in [-0.3, -0.25) is 9.59 Å². The molecule has 1 rings (SSSR count). The van der Waals surface area contributed by atoms with Crippen molar-refractivity contribution in [3.05, 3.63) is 34.6 Å². The third-order valence-corrected chi connectivity index (χ3v) is 4.50. The van der Waals surface area contributed by atoms with E-state index in [9.17, 15) is 19.8 Å². The highest BCUT2D eigenvalue weighted by Crippen LogP contribution is 2.43. The Bertz CT molecular complexity index is 614. The molecule has 0 saturated heterocycles. The van der Waals surface area contributed by atoms with Gasteiger partial charge in [0.2, 0.25) is 0 Å². The van der Waals surface area contributed by atoms with Crippen molar-refractivity contribution in [2.24, 2.45) is 11.8 Å². The van der Waals surface area contributed by atoms with Gasteiger partial charge in [0.05, 0.1) is 5.92 Å². The normalized spacial score (nSPS) is 23.2. The summed E-state index contributed by atoms with van der Waals surface area (Å²) in [5.74, 6) is -1.97. The van der Waals surface area contributed by atoms with E-state index in [2.05, 4.69) is 0 Å². The van der Waals surface area contributed by atoms with Gasteiger partial charge in [-0.05, 0) is 52.9 Å². The number of allylic oxidation sites excluding steroid dienone is 5. The molecule has 0 fully saturated rings. The van der Waals surface area contributed by atoms with Crippen molar-refractivity contribution in [3.63, 3.8) is 0 Å². The monoisotopic (exact) mass is 348 g/mol. The molecule has 25 heavy (non-hydrogen) atoms. The van der Waals surface area contributed by atoms with Gasteiger partial charge in [-0.25, -0.2) is 0 Å². The van der Waals surface area contributed by atoms with Crippen LogP contribution in [0.1, 0.15) is 67.2 Å². The van der Waals surface area contributed by atoms with Crippen LogP contribution in [0.15, 0.2) is 34.6 Å². The molecule has 0 bridgehead atoms. The minimum absolute atomic E-state index is 0.0798. The van der Waals surface area contributed by atoms with E-state index in [1.54, 1.807) is 0 Å². The second-order valence-corrected chi connectivity index (χ2v) is 7.92. The minimum Gasteiger partial charge on any atom is -0.508 e. The van der Waals surface area contributed by atoms with Crippen LogP contribution in [-0.4, -0.2) is 27.4 Å². The van der Waals surface area contributed by atoms with Crippen molar-refractivity contribution in [2.75, 3.05) is 0 Å². The van der Waals surface area contributed by atoms with Gasteiger partial charge >= 0.3 is 0 Å². The van der Waals surface area contributed by atoms with Gasteiger partial charge in [0.1, 0.15) is 16.9 Å². The van der Waals surface area contributed by atoms with Gasteiger partial charge in [-0.1, -0.05) is 37.1 Å². The lowest BCUT2D eigenvalue weighted by atomic mass is 9.82. The van der Waals surface area contributed by atoms with Gasteiger partial charge < -0.3 is 10.2 Å². The fraction of sp³-hybridized carbons (Fsp3) is 0.619. The summed E-state index contributed by atoms with van der Waals surface area (Å²) in [4.78, 5) is 25.3. The summed E-state index contributed by atoms with van der Waals surface area (Å²) in [6.07, 6.45) is 5.08. The Morgan fingerprint density at radius 3 is 2.20 bits per heavy atom. The Kier molecular flexibility index (Phi) is 7.36. The van der Waals surface area contributed by atoms with Crippen molar-refractivity contribution in [1.82, 2.24) is 0 Å². The van der Waals surface area contributed by atoms with E-state index in [-0.39, 0.29) is 30.1 Å². The van der Waals surface area contributed by atoms with Crippen LogP contribution in [0, 0.1) is 11.8 Å². The van der Waals surface area contributed by atoms with Crippen molar-refractivity contribution in [2.45, 2.75) is 72.8 Å². The first-order valence-corrected chi connectivity index (χ1v) is 9.00. The van der Waals surface area contributed by atoms with Crippen LogP contribution in [0.5, 0.6) is 0 Å². The average Bonchev–Trinajstić information content (AvgIpc) is 2.63. The summed E-state index contributed by atoms with van der Waals surface area (Å²) >= 11 is 0. The number of aliphatic hydroxyl groups is 2. The van der Waals surface area contributed by atoms with Crippen molar-refractivity contribution >= 4 is 11.6 Å². The SMILES string of the molecule is CC(C)=CCCC1(O)C(O)=C(C(=O)CC(C)C)C(=O)C1CC=C(C)C. The highest BCUT2D eigenvalue weighted by Gasteiger charge is 2.53. The topological polar surface area (TPSA) is 74.6 Å². The highest BCUT2D eigenvalue weighted by atomic mass is 16.3. The smallest absolute Gasteiger partial charge is 0.176 e. The summed E-state index contributed by atoms with van der Waals surface area (Å²) in [6.45, 7) is 11.5. The number of carbonyl (C=O) groups excluding carboxylic acids is 2. The molecule has 0 aromatic carbocycles. The minimum atomic E-state index is -1.67. The number of aliphatic hydroxyl groups excluding tert-OH is 1. The zero-order valence-electron chi connectivity index (χ0n) is 16.3. The predicted molar refractivity (Wildman–Crippen MR) is 100 cm³/mol. The molecule has 0 radical (unpaired) electrons. The van der Waals surface area contributed by atoms with E-state index in [0.717, 1.165) is 11.1 Å². The molecule has 0 aromatic heterocycles. The lowest BCUT2D eigenvalue weighted by Gasteiger charge is -2.28. The Morgan fingerprint density at radius 1 is 1.16 bits per heavy atom. The lowest BCUT2D eigenvalue weighted by Crippen LogP contribution is -2.38. The Balaban J connectivity index is 3.24. The Labute approximate surface area is 151 Å². The molecule has 0 heterocycles. The zero-order chi connectivity index (χ0) is 19.4. The quantitative estimate of drug-likeness (QED) is 0.502. The molecule has 4 heteroatoms. The summed E-state index contributed by atoms with van der Waals surface area (Å²) in [5.41, 5.74) is 0.270. The van der Waals surface area contributed by atoms with E-state index in [1.807, 2.05) is 53.7 Å². The van der Waals surface area contributed by atoms with Crippen molar-refractivity contribution in [3.8, 4) is 0 Å². The van der Waals surface area contributed by atoms with Gasteiger partial charge in [-0.15, -0.1) is 0 Å². The van der Waals surface area contributed by atoms with Gasteiger partial charge in [0.15, 0.2) is 11.6 Å². The van der Waals surface area contributed by atoms with E-state index < -0.39 is 23.1 Å². The second-order valence-electron chi connectivity index (χ2n) is 7.92. The van der Waals surface area contributed by atoms with Crippen LogP contribution in [0.2, 0.25) is 0 Å². The maximum Gasteiger partial charge on any atom is 0.176 e. The molecule has 0 amide bonds. The molecule has 140 valence electrons. The fourth-order valence-corrected chi connectivity index (χ4v) is 3.16. The first-order chi connectivity index (χ1) is 11.5. The van der Waals surface area contributed by atoms with Crippen LogP contribution in [0.3, 0.4) is 0 Å². The van der Waals surface area contributed by atoms with E-state index in [0.29, 0.717) is 12.8 Å². The molecule has 2 unspecified atom stereocenters. The number of hydrogen-bond acceptors (Lipinski definition) is 4. The molecule has 0 spiro atoms. The highest BCUT2D eigenvalue weighted by molar-refractivity contribution is 6.23. The van der Waals surface area contributed by atoms with Crippen LogP contribution in [0.25, 0.3) is 0 Å². The molecule has 1 aliphatic carbocycles. The predicted octanol–water partition coefficient (Wildman–Crippen LogP) is 4.45.